The molecule has 1 aromatic heterocycles. The van der Waals surface area contributed by atoms with Crippen molar-refractivity contribution in [3.8, 4) is 0 Å². The molecule has 0 amide bonds. The van der Waals surface area contributed by atoms with Crippen LogP contribution in [0, 0.1) is 6.92 Å². The van der Waals surface area contributed by atoms with Crippen molar-refractivity contribution in [2.45, 2.75) is 13.8 Å². The Balaban J connectivity index is 3.30. The van der Waals surface area contributed by atoms with Gasteiger partial charge in [0.1, 0.15) is 0 Å². The van der Waals surface area contributed by atoms with Crippen molar-refractivity contribution in [3.63, 3.8) is 0 Å². The van der Waals surface area contributed by atoms with E-state index in [4.69, 9.17) is 0 Å². The van der Waals surface area contributed by atoms with Gasteiger partial charge in [0.2, 0.25) is 0 Å². The summed E-state index contributed by atoms with van der Waals surface area (Å²) in [6.45, 7) is 7.92. The fourth-order valence-electron chi connectivity index (χ4n) is 1.32. The first-order valence-electron chi connectivity index (χ1n) is 4.11. The SMILES string of the molecule is C=Cc1cn(C)c(C)c1/C=C\C. The molecule has 64 valence electrons. The Labute approximate surface area is 74.0 Å². The van der Waals surface area contributed by atoms with Crippen molar-refractivity contribution >= 4 is 12.2 Å². The van der Waals surface area contributed by atoms with Gasteiger partial charge in [0, 0.05) is 24.5 Å². The average molecular weight is 161 g/mol. The molecule has 0 aliphatic heterocycles. The molecule has 1 rings (SSSR count). The largest absolute Gasteiger partial charge is 0.353 e. The summed E-state index contributed by atoms with van der Waals surface area (Å²) in [7, 11) is 2.05. The summed E-state index contributed by atoms with van der Waals surface area (Å²) >= 11 is 0. The van der Waals surface area contributed by atoms with Crippen LogP contribution in [0.25, 0.3) is 12.2 Å². The van der Waals surface area contributed by atoms with E-state index in [2.05, 4.69) is 43.5 Å². The Hall–Kier alpha value is -1.24. The molecule has 0 radical (unpaired) electrons. The minimum absolute atomic E-state index is 1.20. The van der Waals surface area contributed by atoms with E-state index in [1.165, 1.54) is 16.8 Å². The fourth-order valence-corrected chi connectivity index (χ4v) is 1.32. The van der Waals surface area contributed by atoms with Crippen LogP contribution in [0.5, 0.6) is 0 Å². The molecule has 0 aromatic carbocycles. The first kappa shape index (κ1) is 8.85. The smallest absolute Gasteiger partial charge is 0.0219 e. The molecule has 0 N–H and O–H groups in total. The Kier molecular flexibility index (Phi) is 2.54. The molecule has 1 heterocycles. The van der Waals surface area contributed by atoms with E-state index < -0.39 is 0 Å². The highest BCUT2D eigenvalue weighted by molar-refractivity contribution is 5.66. The van der Waals surface area contributed by atoms with E-state index in [0.29, 0.717) is 0 Å². The highest BCUT2D eigenvalue weighted by Crippen LogP contribution is 2.18. The highest BCUT2D eigenvalue weighted by Gasteiger charge is 2.03. The Morgan fingerprint density at radius 2 is 2.17 bits per heavy atom. The third-order valence-corrected chi connectivity index (χ3v) is 2.12. The number of allylic oxidation sites excluding steroid dienone is 1. The first-order chi connectivity index (χ1) is 5.70. The average Bonchev–Trinajstić information content (AvgIpc) is 2.33. The summed E-state index contributed by atoms with van der Waals surface area (Å²) in [5.74, 6) is 0. The maximum Gasteiger partial charge on any atom is 0.0219 e. The molecule has 0 unspecified atom stereocenters. The number of hydrogen-bond donors (Lipinski definition) is 0. The molecule has 1 heteroatoms. The van der Waals surface area contributed by atoms with Gasteiger partial charge in [0.15, 0.2) is 0 Å². The number of aromatic nitrogens is 1. The third-order valence-electron chi connectivity index (χ3n) is 2.12. The molecule has 0 atom stereocenters. The number of aryl methyl sites for hydroxylation is 1. The lowest BCUT2D eigenvalue weighted by Gasteiger charge is -1.95. The zero-order valence-electron chi connectivity index (χ0n) is 7.96. The minimum Gasteiger partial charge on any atom is -0.353 e. The number of rotatable bonds is 2. The topological polar surface area (TPSA) is 4.93 Å². The molecule has 0 spiro atoms. The standard InChI is InChI=1S/C11H15N/c1-5-7-11-9(3)12(4)8-10(11)6-2/h5-8H,2H2,1,3-4H3/b7-5-. The zero-order valence-corrected chi connectivity index (χ0v) is 7.96. The molecule has 0 fully saturated rings. The molecule has 1 nitrogen and oxygen atoms in total. The number of hydrogen-bond acceptors (Lipinski definition) is 0. The van der Waals surface area contributed by atoms with Gasteiger partial charge in [0.05, 0.1) is 0 Å². The fraction of sp³-hybridized carbons (Fsp3) is 0.273. The predicted molar refractivity (Wildman–Crippen MR) is 54.9 cm³/mol. The van der Waals surface area contributed by atoms with Crippen molar-refractivity contribution in [2.24, 2.45) is 7.05 Å². The zero-order chi connectivity index (χ0) is 9.14. The van der Waals surface area contributed by atoms with E-state index in [0.717, 1.165) is 0 Å². The van der Waals surface area contributed by atoms with Crippen LogP contribution >= 0.6 is 0 Å². The summed E-state index contributed by atoms with van der Waals surface area (Å²) in [6, 6.07) is 0. The second-order valence-electron chi connectivity index (χ2n) is 2.90. The Morgan fingerprint density at radius 3 is 2.67 bits per heavy atom. The van der Waals surface area contributed by atoms with Gasteiger partial charge in [-0.1, -0.05) is 24.8 Å². The van der Waals surface area contributed by atoms with Crippen molar-refractivity contribution in [3.05, 3.63) is 35.7 Å². The quantitative estimate of drug-likeness (QED) is 0.628. The molecule has 1 aromatic rings. The second kappa shape index (κ2) is 3.44. The lowest BCUT2D eigenvalue weighted by Crippen LogP contribution is -1.87. The first-order valence-corrected chi connectivity index (χ1v) is 4.11. The normalized spacial score (nSPS) is 10.9. The summed E-state index contributed by atoms with van der Waals surface area (Å²) in [5, 5.41) is 0. The molecule has 0 aliphatic carbocycles. The van der Waals surface area contributed by atoms with Gasteiger partial charge in [-0.25, -0.2) is 0 Å². The van der Waals surface area contributed by atoms with Crippen LogP contribution < -0.4 is 0 Å². The van der Waals surface area contributed by atoms with Crippen molar-refractivity contribution in [1.82, 2.24) is 4.57 Å². The third kappa shape index (κ3) is 1.35. The van der Waals surface area contributed by atoms with Gasteiger partial charge < -0.3 is 4.57 Å². The van der Waals surface area contributed by atoms with Crippen LogP contribution in [-0.2, 0) is 7.05 Å². The minimum atomic E-state index is 1.20. The molecule has 0 aliphatic rings. The Morgan fingerprint density at radius 1 is 1.50 bits per heavy atom. The van der Waals surface area contributed by atoms with Gasteiger partial charge in [-0.3, -0.25) is 0 Å². The molecule has 12 heavy (non-hydrogen) atoms. The highest BCUT2D eigenvalue weighted by atomic mass is 14.9. The van der Waals surface area contributed by atoms with E-state index >= 15 is 0 Å². The van der Waals surface area contributed by atoms with Gasteiger partial charge in [0.25, 0.3) is 0 Å². The van der Waals surface area contributed by atoms with E-state index in [1.807, 2.05) is 13.0 Å². The molecular formula is C11H15N. The second-order valence-corrected chi connectivity index (χ2v) is 2.90. The van der Waals surface area contributed by atoms with Crippen LogP contribution in [-0.4, -0.2) is 4.57 Å². The van der Waals surface area contributed by atoms with Crippen molar-refractivity contribution in [1.29, 1.82) is 0 Å². The van der Waals surface area contributed by atoms with E-state index in [9.17, 15) is 0 Å². The van der Waals surface area contributed by atoms with Gasteiger partial charge in [-0.05, 0) is 19.4 Å². The van der Waals surface area contributed by atoms with Crippen LogP contribution in [0.3, 0.4) is 0 Å². The van der Waals surface area contributed by atoms with Crippen molar-refractivity contribution < 1.29 is 0 Å². The van der Waals surface area contributed by atoms with Crippen LogP contribution in [0.2, 0.25) is 0 Å². The van der Waals surface area contributed by atoms with Gasteiger partial charge in [-0.15, -0.1) is 0 Å². The lowest BCUT2D eigenvalue weighted by atomic mass is 10.1. The maximum atomic E-state index is 3.78. The van der Waals surface area contributed by atoms with Crippen molar-refractivity contribution in [2.75, 3.05) is 0 Å². The van der Waals surface area contributed by atoms with Crippen LogP contribution in [0.15, 0.2) is 18.9 Å². The lowest BCUT2D eigenvalue weighted by molar-refractivity contribution is 0.880. The van der Waals surface area contributed by atoms with Gasteiger partial charge >= 0.3 is 0 Å². The molecule has 0 saturated carbocycles. The predicted octanol–water partition coefficient (Wildman–Crippen LogP) is 3.01. The van der Waals surface area contributed by atoms with E-state index in [-0.39, 0.29) is 0 Å². The summed E-state index contributed by atoms with van der Waals surface area (Å²) in [4.78, 5) is 0. The Bertz CT molecular complexity index is 316. The van der Waals surface area contributed by atoms with E-state index in [1.54, 1.807) is 0 Å². The van der Waals surface area contributed by atoms with Crippen LogP contribution in [0.4, 0.5) is 0 Å². The van der Waals surface area contributed by atoms with Gasteiger partial charge in [-0.2, -0.15) is 0 Å². The number of nitrogens with zero attached hydrogens (tertiary/aromatic N) is 1. The molecule has 0 saturated heterocycles. The molecule has 0 bridgehead atoms. The monoisotopic (exact) mass is 161 g/mol. The summed E-state index contributed by atoms with van der Waals surface area (Å²) in [5.41, 5.74) is 3.76. The summed E-state index contributed by atoms with van der Waals surface area (Å²) < 4.78 is 2.12. The maximum absolute atomic E-state index is 3.78. The summed E-state index contributed by atoms with van der Waals surface area (Å²) in [6.07, 6.45) is 8.15. The van der Waals surface area contributed by atoms with Crippen LogP contribution in [0.1, 0.15) is 23.7 Å². The molecular weight excluding hydrogens is 146 g/mol.